The maximum Gasteiger partial charge on any atom is 0.244 e. The van der Waals surface area contributed by atoms with E-state index in [1.807, 2.05) is 0 Å². The summed E-state index contributed by atoms with van der Waals surface area (Å²) in [7, 11) is -4.22. The molecule has 0 radical (unpaired) electrons. The largest absolute Gasteiger partial charge is 0.491 e. The number of hydrogen-bond acceptors (Lipinski definition) is 7. The molecule has 11 heteroatoms. The predicted molar refractivity (Wildman–Crippen MR) is 103 cm³/mol. The Balaban J connectivity index is 1.45. The number of aliphatic hydroxyl groups is 1. The molecule has 30 heavy (non-hydrogen) atoms. The molecule has 1 amide bonds. The minimum Gasteiger partial charge on any atom is -0.491 e. The molecule has 9 nitrogen and oxygen atoms in total. The van der Waals surface area contributed by atoms with Gasteiger partial charge in [-0.25, -0.2) is 12.8 Å². The fourth-order valence-electron chi connectivity index (χ4n) is 2.60. The van der Waals surface area contributed by atoms with E-state index in [-0.39, 0.29) is 19.9 Å². The van der Waals surface area contributed by atoms with Gasteiger partial charge in [0.1, 0.15) is 29.2 Å². The first-order chi connectivity index (χ1) is 14.3. The first-order valence-corrected chi connectivity index (χ1v) is 10.5. The lowest BCUT2D eigenvalue weighted by Gasteiger charge is -2.17. The lowest BCUT2D eigenvalue weighted by molar-refractivity contribution is -0.122. The van der Waals surface area contributed by atoms with Gasteiger partial charge in [0, 0.05) is 12.6 Å². The Bertz CT molecular complexity index is 1020. The monoisotopic (exact) mass is 440 g/mol. The van der Waals surface area contributed by atoms with E-state index < -0.39 is 38.8 Å². The Kier molecular flexibility index (Phi) is 6.75. The SMILES string of the molecule is C[C@H](NS(=O)(=O)c1ccccc1F)C(=O)NCC(O)COc1ccc2c(c1)OCO2. The Labute approximate surface area is 172 Å². The molecule has 0 aliphatic carbocycles. The van der Waals surface area contributed by atoms with Gasteiger partial charge in [-0.1, -0.05) is 12.1 Å². The molecule has 0 saturated carbocycles. The number of hydrogen-bond donors (Lipinski definition) is 3. The average Bonchev–Trinajstić information content (AvgIpc) is 3.18. The zero-order chi connectivity index (χ0) is 21.7. The number of aliphatic hydroxyl groups excluding tert-OH is 1. The zero-order valence-corrected chi connectivity index (χ0v) is 16.8. The molecule has 0 aromatic heterocycles. The van der Waals surface area contributed by atoms with Crippen LogP contribution in [0.15, 0.2) is 47.4 Å². The topological polar surface area (TPSA) is 123 Å². The lowest BCUT2D eigenvalue weighted by atomic mass is 10.3. The Morgan fingerprint density at radius 3 is 2.73 bits per heavy atom. The van der Waals surface area contributed by atoms with Gasteiger partial charge in [0.05, 0.1) is 6.04 Å². The molecule has 0 bridgehead atoms. The number of fused-ring (bicyclic) bond motifs is 1. The van der Waals surface area contributed by atoms with Crippen LogP contribution in [0.1, 0.15) is 6.92 Å². The smallest absolute Gasteiger partial charge is 0.244 e. The van der Waals surface area contributed by atoms with Crippen molar-refractivity contribution in [2.45, 2.75) is 24.0 Å². The van der Waals surface area contributed by atoms with Crippen LogP contribution in [0.4, 0.5) is 4.39 Å². The van der Waals surface area contributed by atoms with Gasteiger partial charge in [-0.15, -0.1) is 0 Å². The van der Waals surface area contributed by atoms with E-state index in [1.165, 1.54) is 19.1 Å². The van der Waals surface area contributed by atoms with Crippen LogP contribution in [0.5, 0.6) is 17.2 Å². The second kappa shape index (κ2) is 9.28. The first kappa shape index (κ1) is 21.8. The number of nitrogens with one attached hydrogen (secondary N) is 2. The maximum atomic E-state index is 13.7. The van der Waals surface area contributed by atoms with E-state index in [0.29, 0.717) is 17.2 Å². The lowest BCUT2D eigenvalue weighted by Crippen LogP contribution is -2.47. The molecule has 162 valence electrons. The number of carbonyl (C=O) groups excluding carboxylic acids is 1. The summed E-state index contributed by atoms with van der Waals surface area (Å²) in [4.78, 5) is 11.6. The molecule has 2 aromatic carbocycles. The molecule has 2 aromatic rings. The quantitative estimate of drug-likeness (QED) is 0.526. The molecule has 1 aliphatic rings. The summed E-state index contributed by atoms with van der Waals surface area (Å²) in [5.74, 6) is -0.0189. The van der Waals surface area contributed by atoms with E-state index >= 15 is 0 Å². The fourth-order valence-corrected chi connectivity index (χ4v) is 3.88. The average molecular weight is 440 g/mol. The third-order valence-electron chi connectivity index (χ3n) is 4.15. The Hall–Kier alpha value is -2.89. The summed E-state index contributed by atoms with van der Waals surface area (Å²) in [6.07, 6.45) is -1.05. The highest BCUT2D eigenvalue weighted by Crippen LogP contribution is 2.35. The van der Waals surface area contributed by atoms with Crippen molar-refractivity contribution in [2.24, 2.45) is 0 Å². The third-order valence-corrected chi connectivity index (χ3v) is 5.72. The van der Waals surface area contributed by atoms with Gasteiger partial charge in [-0.3, -0.25) is 4.79 Å². The van der Waals surface area contributed by atoms with Crippen molar-refractivity contribution >= 4 is 15.9 Å². The fraction of sp³-hybridized carbons (Fsp3) is 0.316. The first-order valence-electron chi connectivity index (χ1n) is 9.01. The van der Waals surface area contributed by atoms with Gasteiger partial charge in [0.25, 0.3) is 0 Å². The summed E-state index contributed by atoms with van der Waals surface area (Å²) >= 11 is 0. The number of carbonyl (C=O) groups is 1. The summed E-state index contributed by atoms with van der Waals surface area (Å²) < 4.78 is 56.1. The number of benzene rings is 2. The van der Waals surface area contributed by atoms with E-state index in [0.717, 1.165) is 12.1 Å². The van der Waals surface area contributed by atoms with E-state index in [1.54, 1.807) is 18.2 Å². The van der Waals surface area contributed by atoms with Gasteiger partial charge in [0.15, 0.2) is 11.5 Å². The maximum absolute atomic E-state index is 13.7. The van der Waals surface area contributed by atoms with Crippen molar-refractivity contribution in [1.29, 1.82) is 0 Å². The summed E-state index contributed by atoms with van der Waals surface area (Å²) in [5.41, 5.74) is 0. The van der Waals surface area contributed by atoms with Gasteiger partial charge in [-0.05, 0) is 31.2 Å². The highest BCUT2D eigenvalue weighted by Gasteiger charge is 2.24. The minimum absolute atomic E-state index is 0.116. The van der Waals surface area contributed by atoms with Crippen LogP contribution in [0.25, 0.3) is 0 Å². The molecule has 0 saturated heterocycles. The van der Waals surface area contributed by atoms with Crippen molar-refractivity contribution in [1.82, 2.24) is 10.0 Å². The van der Waals surface area contributed by atoms with Crippen molar-refractivity contribution < 1.29 is 36.9 Å². The van der Waals surface area contributed by atoms with Crippen LogP contribution in [0, 0.1) is 5.82 Å². The van der Waals surface area contributed by atoms with Crippen LogP contribution in [0.2, 0.25) is 0 Å². The van der Waals surface area contributed by atoms with Crippen molar-refractivity contribution in [3.8, 4) is 17.2 Å². The van der Waals surface area contributed by atoms with Gasteiger partial charge in [0.2, 0.25) is 22.7 Å². The molecule has 0 fully saturated rings. The van der Waals surface area contributed by atoms with Crippen LogP contribution in [-0.4, -0.2) is 51.5 Å². The van der Waals surface area contributed by atoms with E-state index in [9.17, 15) is 22.7 Å². The zero-order valence-electron chi connectivity index (χ0n) is 16.0. The van der Waals surface area contributed by atoms with Crippen LogP contribution in [0.3, 0.4) is 0 Å². The van der Waals surface area contributed by atoms with Crippen LogP contribution < -0.4 is 24.2 Å². The normalized spacial score (nSPS) is 14.8. The molecular weight excluding hydrogens is 419 g/mol. The van der Waals surface area contributed by atoms with Crippen molar-refractivity contribution in [3.63, 3.8) is 0 Å². The molecule has 1 heterocycles. The second-order valence-electron chi connectivity index (χ2n) is 6.50. The molecule has 3 rings (SSSR count). The van der Waals surface area contributed by atoms with Gasteiger partial charge >= 0.3 is 0 Å². The number of ether oxygens (including phenoxy) is 3. The minimum atomic E-state index is -4.22. The van der Waals surface area contributed by atoms with Crippen LogP contribution in [-0.2, 0) is 14.8 Å². The highest BCUT2D eigenvalue weighted by molar-refractivity contribution is 7.89. The predicted octanol–water partition coefficient (Wildman–Crippen LogP) is 0.777. The number of amides is 1. The van der Waals surface area contributed by atoms with Gasteiger partial charge < -0.3 is 24.6 Å². The Morgan fingerprint density at radius 1 is 1.23 bits per heavy atom. The molecule has 0 spiro atoms. The Morgan fingerprint density at radius 2 is 1.97 bits per heavy atom. The number of sulfonamides is 1. The van der Waals surface area contributed by atoms with Crippen molar-refractivity contribution in [2.75, 3.05) is 19.9 Å². The molecule has 3 N–H and O–H groups in total. The molecule has 2 atom stereocenters. The van der Waals surface area contributed by atoms with E-state index in [2.05, 4.69) is 10.0 Å². The standard InChI is InChI=1S/C19H21FN2O7S/c1-12(22-30(25,26)18-5-3-2-4-15(18)20)19(24)21-9-13(23)10-27-14-6-7-16-17(8-14)29-11-28-16/h2-8,12-13,22-23H,9-11H2,1H3,(H,21,24)/t12-,13?/m0/s1. The highest BCUT2D eigenvalue weighted by atomic mass is 32.2. The third kappa shape index (κ3) is 5.38. The van der Waals surface area contributed by atoms with Gasteiger partial charge in [-0.2, -0.15) is 4.72 Å². The molecule has 1 unspecified atom stereocenters. The van der Waals surface area contributed by atoms with E-state index in [4.69, 9.17) is 14.2 Å². The molecular formula is C19H21FN2O7S. The summed E-state index contributed by atoms with van der Waals surface area (Å²) in [6, 6.07) is 8.60. The van der Waals surface area contributed by atoms with Crippen molar-refractivity contribution in [3.05, 3.63) is 48.3 Å². The summed E-state index contributed by atoms with van der Waals surface area (Å²) in [6.45, 7) is 1.15. The number of halogens is 1. The molecule has 1 aliphatic heterocycles. The summed E-state index contributed by atoms with van der Waals surface area (Å²) in [5, 5.41) is 12.4. The number of rotatable bonds is 9. The van der Waals surface area contributed by atoms with Crippen LogP contribution >= 0.6 is 0 Å². The second-order valence-corrected chi connectivity index (χ2v) is 8.18.